The van der Waals surface area contributed by atoms with Gasteiger partial charge >= 0.3 is 0 Å². The minimum atomic E-state index is 0. The molecule has 4 nitrogen and oxygen atoms in total. The van der Waals surface area contributed by atoms with Crippen molar-refractivity contribution in [1.29, 1.82) is 0 Å². The second kappa shape index (κ2) is 10.3. The molecule has 0 aromatic heterocycles. The molecule has 0 bridgehead atoms. The number of nitrogens with one attached hydrogen (secondary N) is 1. The van der Waals surface area contributed by atoms with E-state index in [2.05, 4.69) is 22.3 Å². The van der Waals surface area contributed by atoms with E-state index in [9.17, 15) is 4.79 Å². The monoisotopic (exact) mass is 384 g/mol. The first-order valence-electron chi connectivity index (χ1n) is 9.02. The number of thioether (sulfide) groups is 1. The highest BCUT2D eigenvalue weighted by Gasteiger charge is 2.28. The summed E-state index contributed by atoms with van der Waals surface area (Å²) in [4.78, 5) is 15.1. The molecule has 140 valence electrons. The summed E-state index contributed by atoms with van der Waals surface area (Å²) in [6.45, 7) is 1.90. The molecule has 2 aliphatic rings. The Morgan fingerprint density at radius 2 is 2.08 bits per heavy atom. The summed E-state index contributed by atoms with van der Waals surface area (Å²) in [7, 11) is 1.69. The number of likely N-dealkylation sites (tertiary alicyclic amines) is 1. The van der Waals surface area contributed by atoms with Crippen LogP contribution < -0.4 is 10.1 Å². The Hall–Kier alpha value is -0.910. The molecular weight excluding hydrogens is 356 g/mol. The van der Waals surface area contributed by atoms with Crippen molar-refractivity contribution in [3.05, 3.63) is 29.8 Å². The normalized spacial score (nSPS) is 24.1. The van der Waals surface area contributed by atoms with Crippen molar-refractivity contribution in [2.24, 2.45) is 0 Å². The molecule has 2 fully saturated rings. The molecule has 0 radical (unpaired) electrons. The van der Waals surface area contributed by atoms with Crippen molar-refractivity contribution in [2.45, 2.75) is 44.2 Å². The summed E-state index contributed by atoms with van der Waals surface area (Å²) in [5.74, 6) is 3.38. The smallest absolute Gasteiger partial charge is 0.224 e. The topological polar surface area (TPSA) is 41.6 Å². The molecule has 0 aliphatic carbocycles. The molecule has 2 saturated heterocycles. The number of hydrogen-bond acceptors (Lipinski definition) is 4. The van der Waals surface area contributed by atoms with Crippen LogP contribution in [0.1, 0.15) is 43.7 Å². The van der Waals surface area contributed by atoms with Gasteiger partial charge in [-0.2, -0.15) is 11.8 Å². The number of methoxy groups -OCH3 is 1. The van der Waals surface area contributed by atoms with Crippen LogP contribution in [0.25, 0.3) is 0 Å². The van der Waals surface area contributed by atoms with Gasteiger partial charge in [-0.1, -0.05) is 25.0 Å². The minimum Gasteiger partial charge on any atom is -0.497 e. The van der Waals surface area contributed by atoms with E-state index in [1.807, 2.05) is 23.9 Å². The largest absolute Gasteiger partial charge is 0.497 e. The van der Waals surface area contributed by atoms with E-state index in [4.69, 9.17) is 4.74 Å². The summed E-state index contributed by atoms with van der Waals surface area (Å²) < 4.78 is 5.26. The lowest BCUT2D eigenvalue weighted by molar-refractivity contribution is -0.134. The molecule has 3 rings (SSSR count). The lowest BCUT2D eigenvalue weighted by Crippen LogP contribution is -2.43. The Balaban J connectivity index is 0.00000225. The van der Waals surface area contributed by atoms with Gasteiger partial charge in [-0.05, 0) is 30.5 Å². The van der Waals surface area contributed by atoms with E-state index in [1.54, 1.807) is 7.11 Å². The Morgan fingerprint density at radius 1 is 1.28 bits per heavy atom. The molecule has 25 heavy (non-hydrogen) atoms. The minimum absolute atomic E-state index is 0. The first-order valence-corrected chi connectivity index (χ1v) is 10.2. The molecule has 2 atom stereocenters. The van der Waals surface area contributed by atoms with Gasteiger partial charge in [-0.15, -0.1) is 12.4 Å². The fourth-order valence-corrected chi connectivity index (χ4v) is 4.61. The fraction of sp³-hybridized carbons (Fsp3) is 0.632. The van der Waals surface area contributed by atoms with Gasteiger partial charge in [0.2, 0.25) is 5.91 Å². The van der Waals surface area contributed by atoms with Gasteiger partial charge in [0.1, 0.15) is 5.75 Å². The van der Waals surface area contributed by atoms with Gasteiger partial charge in [-0.3, -0.25) is 4.79 Å². The average molecular weight is 385 g/mol. The molecule has 1 aromatic carbocycles. The number of carbonyl (C=O) groups excluding carboxylic acids is 1. The average Bonchev–Trinajstić information content (AvgIpc) is 2.89. The van der Waals surface area contributed by atoms with Crippen LogP contribution in [0.5, 0.6) is 5.75 Å². The quantitative estimate of drug-likeness (QED) is 0.860. The van der Waals surface area contributed by atoms with E-state index >= 15 is 0 Å². The molecule has 1 amide bonds. The standard InChI is InChI=1S/C19H28N2O2S.ClH/c1-23-17-8-6-15(7-9-17)18-5-3-2-4-11-21(18)19(22)13-16-14-24-12-10-20-16;/h6-9,16,18,20H,2-5,10-14H2,1H3;1H. The predicted molar refractivity (Wildman–Crippen MR) is 107 cm³/mol. The van der Waals surface area contributed by atoms with Gasteiger partial charge < -0.3 is 15.0 Å². The highest BCUT2D eigenvalue weighted by molar-refractivity contribution is 7.99. The van der Waals surface area contributed by atoms with Crippen LogP contribution in [0.3, 0.4) is 0 Å². The van der Waals surface area contributed by atoms with Crippen molar-refractivity contribution < 1.29 is 9.53 Å². The number of nitrogens with zero attached hydrogens (tertiary/aromatic N) is 1. The maximum Gasteiger partial charge on any atom is 0.224 e. The molecule has 2 heterocycles. The number of ether oxygens (including phenoxy) is 1. The van der Waals surface area contributed by atoms with Crippen LogP contribution in [-0.4, -0.2) is 48.6 Å². The van der Waals surface area contributed by atoms with Gasteiger partial charge in [0.15, 0.2) is 0 Å². The van der Waals surface area contributed by atoms with Crippen LogP contribution in [0.15, 0.2) is 24.3 Å². The zero-order valence-electron chi connectivity index (χ0n) is 14.9. The molecule has 6 heteroatoms. The molecule has 1 N–H and O–H groups in total. The van der Waals surface area contributed by atoms with Crippen LogP contribution in [0.2, 0.25) is 0 Å². The second-order valence-electron chi connectivity index (χ2n) is 6.66. The first kappa shape index (κ1) is 20.4. The highest BCUT2D eigenvalue weighted by Crippen LogP contribution is 2.32. The van der Waals surface area contributed by atoms with Crippen LogP contribution in [0.4, 0.5) is 0 Å². The van der Waals surface area contributed by atoms with Crippen molar-refractivity contribution in [2.75, 3.05) is 31.7 Å². The molecular formula is C19H29ClN2O2S. The number of carbonyl (C=O) groups is 1. The SMILES string of the molecule is COc1ccc(C2CCCCCN2C(=O)CC2CSCCN2)cc1.Cl. The van der Waals surface area contributed by atoms with Crippen molar-refractivity contribution in [3.63, 3.8) is 0 Å². The van der Waals surface area contributed by atoms with Gasteiger partial charge in [0, 0.05) is 37.1 Å². The highest BCUT2D eigenvalue weighted by atomic mass is 35.5. The number of rotatable bonds is 4. The number of hydrogen-bond donors (Lipinski definition) is 1. The number of amides is 1. The maximum absolute atomic E-state index is 13.0. The van der Waals surface area contributed by atoms with E-state index < -0.39 is 0 Å². The van der Waals surface area contributed by atoms with Crippen molar-refractivity contribution in [3.8, 4) is 5.75 Å². The maximum atomic E-state index is 13.0. The summed E-state index contributed by atoms with van der Waals surface area (Å²) in [5, 5.41) is 3.49. The van der Waals surface area contributed by atoms with E-state index in [0.29, 0.717) is 18.4 Å². The van der Waals surface area contributed by atoms with Crippen LogP contribution in [-0.2, 0) is 4.79 Å². The van der Waals surface area contributed by atoms with Crippen LogP contribution in [0, 0.1) is 0 Å². The third-order valence-electron chi connectivity index (χ3n) is 4.99. The Morgan fingerprint density at radius 3 is 2.76 bits per heavy atom. The lowest BCUT2D eigenvalue weighted by atomic mass is 10.00. The second-order valence-corrected chi connectivity index (χ2v) is 7.81. The van der Waals surface area contributed by atoms with Crippen molar-refractivity contribution in [1.82, 2.24) is 10.2 Å². The van der Waals surface area contributed by atoms with Gasteiger partial charge in [-0.25, -0.2) is 0 Å². The Bertz CT molecular complexity index is 535. The fourth-order valence-electron chi connectivity index (χ4n) is 3.66. The molecule has 2 unspecified atom stereocenters. The molecule has 2 aliphatic heterocycles. The zero-order valence-corrected chi connectivity index (χ0v) is 16.5. The van der Waals surface area contributed by atoms with Gasteiger partial charge in [0.25, 0.3) is 0 Å². The van der Waals surface area contributed by atoms with E-state index in [1.165, 1.54) is 18.4 Å². The predicted octanol–water partition coefficient (Wildman–Crippen LogP) is 3.66. The zero-order chi connectivity index (χ0) is 16.8. The third kappa shape index (κ3) is 5.53. The third-order valence-corrected chi connectivity index (χ3v) is 6.12. The summed E-state index contributed by atoms with van der Waals surface area (Å²) in [6.07, 6.45) is 5.21. The Kier molecular flexibility index (Phi) is 8.40. The summed E-state index contributed by atoms with van der Waals surface area (Å²) >= 11 is 1.95. The number of halogens is 1. The van der Waals surface area contributed by atoms with Crippen LogP contribution >= 0.6 is 24.2 Å². The summed E-state index contributed by atoms with van der Waals surface area (Å²) in [5.41, 5.74) is 1.23. The van der Waals surface area contributed by atoms with E-state index in [0.717, 1.165) is 43.2 Å². The molecule has 1 aromatic rings. The molecule has 0 saturated carbocycles. The van der Waals surface area contributed by atoms with Crippen molar-refractivity contribution >= 4 is 30.1 Å². The summed E-state index contributed by atoms with van der Waals surface area (Å²) in [6, 6.07) is 8.77. The van der Waals surface area contributed by atoms with Gasteiger partial charge in [0.05, 0.1) is 13.2 Å². The van der Waals surface area contributed by atoms with E-state index in [-0.39, 0.29) is 18.4 Å². The lowest BCUT2D eigenvalue weighted by Gasteiger charge is -2.33. The Labute approximate surface area is 161 Å². The molecule has 0 spiro atoms. The first-order chi connectivity index (χ1) is 11.8. The number of benzene rings is 1.